The van der Waals surface area contributed by atoms with Crippen molar-refractivity contribution in [2.24, 2.45) is 5.73 Å². The van der Waals surface area contributed by atoms with E-state index in [1.807, 2.05) is 19.1 Å². The fourth-order valence-corrected chi connectivity index (χ4v) is 0.880. The van der Waals surface area contributed by atoms with E-state index in [-0.39, 0.29) is 6.04 Å². The summed E-state index contributed by atoms with van der Waals surface area (Å²) in [6, 6.07) is 5.57. The standard InChI is InChI=1S/C9H12N4/c1-7(11)6-13-8-2-3-12-9(4-8)5-10/h2-4,7H,6,11H2,1H3,(H,12,13). The predicted octanol–water partition coefficient (Wildman–Crippen LogP) is 0.712. The summed E-state index contributed by atoms with van der Waals surface area (Å²) >= 11 is 0. The zero-order valence-corrected chi connectivity index (χ0v) is 7.49. The van der Waals surface area contributed by atoms with Gasteiger partial charge in [-0.1, -0.05) is 0 Å². The first-order valence-electron chi connectivity index (χ1n) is 4.08. The Morgan fingerprint density at radius 1 is 1.77 bits per heavy atom. The molecular weight excluding hydrogens is 164 g/mol. The molecule has 68 valence electrons. The Balaban J connectivity index is 2.63. The van der Waals surface area contributed by atoms with Gasteiger partial charge in [-0.15, -0.1) is 0 Å². The monoisotopic (exact) mass is 176 g/mol. The number of pyridine rings is 1. The predicted molar refractivity (Wildman–Crippen MR) is 51.1 cm³/mol. The molecule has 1 atom stereocenters. The van der Waals surface area contributed by atoms with Crippen molar-refractivity contribution >= 4 is 5.69 Å². The van der Waals surface area contributed by atoms with Crippen molar-refractivity contribution < 1.29 is 0 Å². The largest absolute Gasteiger partial charge is 0.383 e. The Labute approximate surface area is 77.4 Å². The van der Waals surface area contributed by atoms with Crippen molar-refractivity contribution in [3.63, 3.8) is 0 Å². The van der Waals surface area contributed by atoms with E-state index in [1.54, 1.807) is 12.3 Å². The molecule has 0 aliphatic heterocycles. The minimum Gasteiger partial charge on any atom is -0.383 e. The molecule has 4 nitrogen and oxygen atoms in total. The molecule has 0 radical (unpaired) electrons. The maximum atomic E-state index is 8.57. The van der Waals surface area contributed by atoms with Gasteiger partial charge in [0.1, 0.15) is 11.8 Å². The van der Waals surface area contributed by atoms with Crippen LogP contribution in [0.15, 0.2) is 18.3 Å². The van der Waals surface area contributed by atoms with Crippen molar-refractivity contribution in [2.45, 2.75) is 13.0 Å². The number of nitrogens with zero attached hydrogens (tertiary/aromatic N) is 2. The highest BCUT2D eigenvalue weighted by molar-refractivity contribution is 5.45. The Bertz CT molecular complexity index is 314. The van der Waals surface area contributed by atoms with Crippen LogP contribution in [0.5, 0.6) is 0 Å². The highest BCUT2D eigenvalue weighted by Crippen LogP contribution is 2.06. The summed E-state index contributed by atoms with van der Waals surface area (Å²) in [5.74, 6) is 0. The number of hydrogen-bond acceptors (Lipinski definition) is 4. The molecule has 0 amide bonds. The van der Waals surface area contributed by atoms with E-state index in [0.29, 0.717) is 12.2 Å². The molecule has 0 aliphatic carbocycles. The normalized spacial score (nSPS) is 11.8. The molecule has 0 spiro atoms. The van der Waals surface area contributed by atoms with E-state index < -0.39 is 0 Å². The molecule has 0 fully saturated rings. The lowest BCUT2D eigenvalue weighted by Crippen LogP contribution is -2.25. The molecule has 1 heterocycles. The Kier molecular flexibility index (Phi) is 3.23. The second kappa shape index (κ2) is 4.43. The summed E-state index contributed by atoms with van der Waals surface area (Å²) in [7, 11) is 0. The van der Waals surface area contributed by atoms with E-state index in [1.165, 1.54) is 0 Å². The molecule has 3 N–H and O–H groups in total. The highest BCUT2D eigenvalue weighted by atomic mass is 14.9. The van der Waals surface area contributed by atoms with Crippen molar-refractivity contribution in [3.8, 4) is 6.07 Å². The van der Waals surface area contributed by atoms with E-state index in [4.69, 9.17) is 11.0 Å². The van der Waals surface area contributed by atoms with Gasteiger partial charge in [0.25, 0.3) is 0 Å². The molecule has 1 unspecified atom stereocenters. The van der Waals surface area contributed by atoms with Crippen LogP contribution in [-0.4, -0.2) is 17.6 Å². The number of aromatic nitrogens is 1. The second-order valence-corrected chi connectivity index (χ2v) is 2.90. The van der Waals surface area contributed by atoms with Crippen LogP contribution in [0.25, 0.3) is 0 Å². The highest BCUT2D eigenvalue weighted by Gasteiger charge is 1.96. The lowest BCUT2D eigenvalue weighted by Gasteiger charge is -2.08. The zero-order chi connectivity index (χ0) is 9.68. The number of hydrogen-bond donors (Lipinski definition) is 2. The molecular formula is C9H12N4. The molecule has 0 saturated heterocycles. The molecule has 1 rings (SSSR count). The minimum absolute atomic E-state index is 0.0960. The van der Waals surface area contributed by atoms with Crippen LogP contribution < -0.4 is 11.1 Å². The van der Waals surface area contributed by atoms with Crippen LogP contribution in [-0.2, 0) is 0 Å². The smallest absolute Gasteiger partial charge is 0.142 e. The van der Waals surface area contributed by atoms with Gasteiger partial charge in [0.2, 0.25) is 0 Å². The number of nitrogens with one attached hydrogen (secondary N) is 1. The lowest BCUT2D eigenvalue weighted by molar-refractivity contribution is 0.780. The number of nitrogens with two attached hydrogens (primary N) is 1. The van der Waals surface area contributed by atoms with Gasteiger partial charge in [0.15, 0.2) is 0 Å². The number of anilines is 1. The van der Waals surface area contributed by atoms with E-state index in [9.17, 15) is 0 Å². The summed E-state index contributed by atoms with van der Waals surface area (Å²) in [6.07, 6.45) is 1.60. The first-order valence-corrected chi connectivity index (χ1v) is 4.08. The maximum absolute atomic E-state index is 8.57. The maximum Gasteiger partial charge on any atom is 0.142 e. The van der Waals surface area contributed by atoms with E-state index >= 15 is 0 Å². The third kappa shape index (κ3) is 3.09. The molecule has 0 aromatic carbocycles. The van der Waals surface area contributed by atoms with Crippen LogP contribution in [0.1, 0.15) is 12.6 Å². The number of nitriles is 1. The van der Waals surface area contributed by atoms with Crippen molar-refractivity contribution in [1.29, 1.82) is 5.26 Å². The molecule has 1 aromatic rings. The van der Waals surface area contributed by atoms with Gasteiger partial charge in [-0.05, 0) is 19.1 Å². The topological polar surface area (TPSA) is 74.7 Å². The molecule has 0 saturated carbocycles. The van der Waals surface area contributed by atoms with Gasteiger partial charge in [0, 0.05) is 24.5 Å². The van der Waals surface area contributed by atoms with Gasteiger partial charge in [-0.3, -0.25) is 0 Å². The minimum atomic E-state index is 0.0960. The fraction of sp³-hybridized carbons (Fsp3) is 0.333. The summed E-state index contributed by atoms with van der Waals surface area (Å²) in [4.78, 5) is 3.85. The van der Waals surface area contributed by atoms with E-state index in [2.05, 4.69) is 10.3 Å². The average molecular weight is 176 g/mol. The second-order valence-electron chi connectivity index (χ2n) is 2.90. The fourth-order valence-electron chi connectivity index (χ4n) is 0.880. The molecule has 0 aliphatic rings. The van der Waals surface area contributed by atoms with Gasteiger partial charge in [-0.2, -0.15) is 5.26 Å². The first kappa shape index (κ1) is 9.49. The summed E-state index contributed by atoms with van der Waals surface area (Å²) in [6.45, 7) is 2.61. The molecule has 0 bridgehead atoms. The van der Waals surface area contributed by atoms with Crippen molar-refractivity contribution in [1.82, 2.24) is 4.98 Å². The van der Waals surface area contributed by atoms with E-state index in [0.717, 1.165) is 5.69 Å². The molecule has 13 heavy (non-hydrogen) atoms. The average Bonchev–Trinajstić information content (AvgIpc) is 2.15. The van der Waals surface area contributed by atoms with Gasteiger partial charge in [0.05, 0.1) is 0 Å². The van der Waals surface area contributed by atoms with Crippen molar-refractivity contribution in [2.75, 3.05) is 11.9 Å². The third-order valence-electron chi connectivity index (χ3n) is 1.50. The first-order chi connectivity index (χ1) is 6.22. The van der Waals surface area contributed by atoms with Gasteiger partial charge < -0.3 is 11.1 Å². The summed E-state index contributed by atoms with van der Waals surface area (Å²) < 4.78 is 0. The van der Waals surface area contributed by atoms with Crippen LogP contribution >= 0.6 is 0 Å². The van der Waals surface area contributed by atoms with Crippen LogP contribution in [0, 0.1) is 11.3 Å². The van der Waals surface area contributed by atoms with Crippen molar-refractivity contribution in [3.05, 3.63) is 24.0 Å². The quantitative estimate of drug-likeness (QED) is 0.711. The lowest BCUT2D eigenvalue weighted by atomic mass is 10.3. The molecule has 1 aromatic heterocycles. The Morgan fingerprint density at radius 3 is 3.15 bits per heavy atom. The van der Waals surface area contributed by atoms with Crippen LogP contribution in [0.2, 0.25) is 0 Å². The van der Waals surface area contributed by atoms with Crippen LogP contribution in [0.3, 0.4) is 0 Å². The SMILES string of the molecule is CC(N)CNc1ccnc(C#N)c1. The summed E-state index contributed by atoms with van der Waals surface area (Å²) in [5.41, 5.74) is 6.86. The zero-order valence-electron chi connectivity index (χ0n) is 7.49. The van der Waals surface area contributed by atoms with Gasteiger partial charge >= 0.3 is 0 Å². The Hall–Kier alpha value is -1.60. The molecule has 4 heteroatoms. The number of rotatable bonds is 3. The van der Waals surface area contributed by atoms with Crippen LogP contribution in [0.4, 0.5) is 5.69 Å². The summed E-state index contributed by atoms with van der Waals surface area (Å²) in [5, 5.41) is 11.7. The Morgan fingerprint density at radius 2 is 2.54 bits per heavy atom. The van der Waals surface area contributed by atoms with Gasteiger partial charge in [-0.25, -0.2) is 4.98 Å². The third-order valence-corrected chi connectivity index (χ3v) is 1.50.